The molecule has 0 aliphatic heterocycles. The first kappa shape index (κ1) is 8.99. The van der Waals surface area contributed by atoms with Crippen LogP contribution in [-0.4, -0.2) is 5.11 Å². The van der Waals surface area contributed by atoms with Gasteiger partial charge in [-0.05, 0) is 12.2 Å². The molecule has 4 N–H and O–H groups in total. The van der Waals surface area contributed by atoms with Gasteiger partial charge in [-0.25, -0.2) is 0 Å². The maximum Gasteiger partial charge on any atom is 0.160 e. The van der Waals surface area contributed by atoms with Crippen LogP contribution in [0.3, 0.4) is 0 Å². The summed E-state index contributed by atoms with van der Waals surface area (Å²) in [6.45, 7) is 0. The zero-order valence-corrected chi connectivity index (χ0v) is 3.70. The van der Waals surface area contributed by atoms with Gasteiger partial charge in [0.05, 0.1) is 0 Å². The van der Waals surface area contributed by atoms with Gasteiger partial charge in [0.15, 0.2) is 5.11 Å². The summed E-state index contributed by atoms with van der Waals surface area (Å²) in [6.07, 6.45) is 0. The van der Waals surface area contributed by atoms with Gasteiger partial charge in [-0.2, -0.15) is 0 Å². The van der Waals surface area contributed by atoms with Crippen molar-refractivity contribution in [2.45, 2.75) is 0 Å². The minimum atomic E-state index is 0.000000000000000222. The van der Waals surface area contributed by atoms with Crippen molar-refractivity contribution in [3.8, 4) is 0 Å². The molecule has 36 valence electrons. The Labute approximate surface area is 39.7 Å². The molecular formula is CH4N2O2S. The van der Waals surface area contributed by atoms with E-state index < -0.39 is 0 Å². The molecule has 6 heavy (non-hydrogen) atoms. The Balaban J connectivity index is 0. The SMILES string of the molecule is NC(N)=S.O=O. The van der Waals surface area contributed by atoms with Gasteiger partial charge in [-0.15, -0.1) is 0 Å². The summed E-state index contributed by atoms with van der Waals surface area (Å²) in [5, 5.41) is 0.000000000000000222. The Bertz CT molecular complexity index is 42.8. The fraction of sp³-hybridized carbons (Fsp3) is 0. The third kappa shape index (κ3) is 34.2. The lowest BCUT2D eigenvalue weighted by Crippen LogP contribution is -2.18. The number of rotatable bonds is 0. The predicted molar refractivity (Wildman–Crippen MR) is 27.7 cm³/mol. The van der Waals surface area contributed by atoms with E-state index in [1.165, 1.54) is 0 Å². The van der Waals surface area contributed by atoms with E-state index in [1.54, 1.807) is 0 Å². The van der Waals surface area contributed by atoms with Crippen molar-refractivity contribution in [2.24, 2.45) is 11.5 Å². The van der Waals surface area contributed by atoms with Crippen LogP contribution in [0.2, 0.25) is 0 Å². The minimum absolute atomic E-state index is 0.000000000000000222. The van der Waals surface area contributed by atoms with Gasteiger partial charge in [0.25, 0.3) is 0 Å². The van der Waals surface area contributed by atoms with Gasteiger partial charge in [0.2, 0.25) is 0 Å². The highest BCUT2D eigenvalue weighted by atomic mass is 32.1. The molecule has 0 rings (SSSR count). The van der Waals surface area contributed by atoms with Crippen LogP contribution in [0.4, 0.5) is 0 Å². The summed E-state index contributed by atoms with van der Waals surface area (Å²) >= 11 is 4.09. The molecule has 0 saturated heterocycles. The van der Waals surface area contributed by atoms with E-state index >= 15 is 0 Å². The molecule has 0 aliphatic carbocycles. The topological polar surface area (TPSA) is 86.2 Å². The van der Waals surface area contributed by atoms with Crippen molar-refractivity contribution < 1.29 is 0 Å². The minimum Gasteiger partial charge on any atom is -0.377 e. The molecule has 0 saturated carbocycles. The number of hydrogen-bond acceptors (Lipinski definition) is 3. The first-order valence-corrected chi connectivity index (χ1v) is 1.36. The quantitative estimate of drug-likeness (QED) is 0.399. The van der Waals surface area contributed by atoms with Crippen LogP contribution < -0.4 is 11.5 Å². The Hall–Kier alpha value is -0.710. The molecule has 0 aromatic rings. The van der Waals surface area contributed by atoms with Crippen LogP contribution in [0.1, 0.15) is 0 Å². The van der Waals surface area contributed by atoms with Crippen molar-refractivity contribution >= 4 is 17.3 Å². The van der Waals surface area contributed by atoms with E-state index in [0.29, 0.717) is 0 Å². The lowest BCUT2D eigenvalue weighted by molar-refractivity contribution is 1.65. The van der Waals surface area contributed by atoms with Gasteiger partial charge >= 0.3 is 0 Å². The Morgan fingerprint density at radius 2 is 1.33 bits per heavy atom. The highest BCUT2D eigenvalue weighted by molar-refractivity contribution is 7.80. The van der Waals surface area contributed by atoms with Crippen molar-refractivity contribution in [1.82, 2.24) is 0 Å². The first-order valence-electron chi connectivity index (χ1n) is 0.948. The van der Waals surface area contributed by atoms with Crippen molar-refractivity contribution in [2.75, 3.05) is 0 Å². The summed E-state index contributed by atoms with van der Waals surface area (Å²) in [5.41, 5.74) is 9.24. The van der Waals surface area contributed by atoms with Crippen molar-refractivity contribution in [3.05, 3.63) is 9.93 Å². The summed E-state index contributed by atoms with van der Waals surface area (Å²) in [7, 11) is 0. The summed E-state index contributed by atoms with van der Waals surface area (Å²) < 4.78 is 0. The van der Waals surface area contributed by atoms with Crippen LogP contribution >= 0.6 is 12.2 Å². The van der Waals surface area contributed by atoms with E-state index in [9.17, 15) is 0 Å². The summed E-state index contributed by atoms with van der Waals surface area (Å²) in [6, 6.07) is 0. The average Bonchev–Trinajstić information content (AvgIpc) is 1.41. The van der Waals surface area contributed by atoms with Crippen LogP contribution in [-0.2, 0) is 0 Å². The summed E-state index contributed by atoms with van der Waals surface area (Å²) in [4.78, 5) is 14.0. The van der Waals surface area contributed by atoms with E-state index in [4.69, 9.17) is 9.93 Å². The van der Waals surface area contributed by atoms with Crippen molar-refractivity contribution in [3.63, 3.8) is 0 Å². The Kier molecular flexibility index (Phi) is 13.3. The second kappa shape index (κ2) is 8.85. The smallest absolute Gasteiger partial charge is 0.160 e. The maximum absolute atomic E-state index is 7.00. The van der Waals surface area contributed by atoms with Crippen LogP contribution in [0.5, 0.6) is 0 Å². The normalized spacial score (nSPS) is 4.67. The number of nitrogens with two attached hydrogens (primary N) is 2. The molecule has 0 atom stereocenters. The standard InChI is InChI=1S/CH4N2S.O2/c2-1(3)4;1-2/h(H4,2,3,4);. The van der Waals surface area contributed by atoms with E-state index in [0.717, 1.165) is 0 Å². The first-order chi connectivity index (χ1) is 2.73. The third-order valence-electron chi connectivity index (χ3n) is 0. The van der Waals surface area contributed by atoms with Gasteiger partial charge in [-0.3, -0.25) is 0 Å². The summed E-state index contributed by atoms with van der Waals surface area (Å²) in [5.74, 6) is 0. The molecule has 0 amide bonds. The molecule has 0 fully saturated rings. The molecule has 4 nitrogen and oxygen atoms in total. The van der Waals surface area contributed by atoms with Crippen LogP contribution in [0, 0.1) is 9.93 Å². The van der Waals surface area contributed by atoms with E-state index in [-0.39, 0.29) is 5.11 Å². The molecule has 0 unspecified atom stereocenters. The average molecular weight is 108 g/mol. The second-order valence-corrected chi connectivity index (χ2v) is 0.874. The van der Waals surface area contributed by atoms with Crippen LogP contribution in [0.15, 0.2) is 0 Å². The number of hydrogen-bond donors (Lipinski definition) is 2. The molecular weight excluding hydrogens is 104 g/mol. The largest absolute Gasteiger partial charge is 0.377 e. The van der Waals surface area contributed by atoms with Gasteiger partial charge < -0.3 is 11.5 Å². The van der Waals surface area contributed by atoms with Crippen LogP contribution in [0.25, 0.3) is 0 Å². The molecule has 5 heteroatoms. The highest BCUT2D eigenvalue weighted by Gasteiger charge is 1.53. The molecule has 0 radical (unpaired) electrons. The van der Waals surface area contributed by atoms with E-state index in [2.05, 4.69) is 23.7 Å². The van der Waals surface area contributed by atoms with E-state index in [1.807, 2.05) is 0 Å². The lowest BCUT2D eigenvalue weighted by Gasteiger charge is -1.68. The molecule has 0 heterocycles. The second-order valence-electron chi connectivity index (χ2n) is 0.402. The predicted octanol–water partition coefficient (Wildman–Crippen LogP) is -0.744. The fourth-order valence-corrected chi connectivity index (χ4v) is 0. The molecule has 0 bridgehead atoms. The van der Waals surface area contributed by atoms with Crippen molar-refractivity contribution in [1.29, 1.82) is 0 Å². The monoisotopic (exact) mass is 108 g/mol. The van der Waals surface area contributed by atoms with Gasteiger partial charge in [0.1, 0.15) is 0 Å². The maximum atomic E-state index is 7.00. The third-order valence-corrected chi connectivity index (χ3v) is 0. The van der Waals surface area contributed by atoms with Gasteiger partial charge in [-0.1, -0.05) is 0 Å². The highest BCUT2D eigenvalue weighted by Crippen LogP contribution is 1.32. The molecule has 0 aliphatic rings. The Morgan fingerprint density at radius 1 is 1.33 bits per heavy atom. The molecule has 0 aromatic carbocycles. The zero-order valence-electron chi connectivity index (χ0n) is 2.88. The fourth-order valence-electron chi connectivity index (χ4n) is 0. The zero-order chi connectivity index (χ0) is 5.58. The molecule has 0 aromatic heterocycles. The number of thiocarbonyl (C=S) groups is 1. The lowest BCUT2D eigenvalue weighted by atomic mass is 11.3. The molecule has 0 spiro atoms. The Morgan fingerprint density at radius 3 is 1.33 bits per heavy atom. The van der Waals surface area contributed by atoms with Gasteiger partial charge in [0, 0.05) is 9.93 Å².